The van der Waals surface area contributed by atoms with Gasteiger partial charge in [-0.15, -0.1) is 0 Å². The smallest absolute Gasteiger partial charge is 0.127 e. The average Bonchev–Trinajstić information content (AvgIpc) is 2.85. The van der Waals surface area contributed by atoms with Crippen molar-refractivity contribution in [2.24, 2.45) is 5.92 Å². The van der Waals surface area contributed by atoms with Gasteiger partial charge in [0, 0.05) is 21.9 Å². The van der Waals surface area contributed by atoms with Crippen molar-refractivity contribution < 1.29 is 10.2 Å². The standard InChI is InChI=1S/C17H18O2/c1-9-7-10-8-17(9,2)14-13(10)15(18)11-5-3-4-6-12(11)16(14)19/h3-6,9-10,18-19H,7-8H2,1-2H3. The molecule has 2 aliphatic carbocycles. The van der Waals surface area contributed by atoms with Crippen LogP contribution in [0, 0.1) is 5.92 Å². The van der Waals surface area contributed by atoms with Gasteiger partial charge >= 0.3 is 0 Å². The van der Waals surface area contributed by atoms with Crippen LogP contribution in [0.2, 0.25) is 0 Å². The summed E-state index contributed by atoms with van der Waals surface area (Å²) < 4.78 is 0. The largest absolute Gasteiger partial charge is 0.507 e. The summed E-state index contributed by atoms with van der Waals surface area (Å²) in [7, 11) is 0. The number of fused-ring (bicyclic) bond motifs is 6. The molecule has 2 nitrogen and oxygen atoms in total. The summed E-state index contributed by atoms with van der Waals surface area (Å²) in [6.07, 6.45) is 2.18. The summed E-state index contributed by atoms with van der Waals surface area (Å²) >= 11 is 0. The first-order valence-electron chi connectivity index (χ1n) is 7.01. The van der Waals surface area contributed by atoms with Gasteiger partial charge in [0.25, 0.3) is 0 Å². The first-order chi connectivity index (χ1) is 9.04. The second-order valence-electron chi connectivity index (χ2n) is 6.49. The summed E-state index contributed by atoms with van der Waals surface area (Å²) in [5, 5.41) is 22.9. The van der Waals surface area contributed by atoms with Crippen LogP contribution >= 0.6 is 0 Å². The fourth-order valence-corrected chi connectivity index (χ4v) is 4.45. The highest BCUT2D eigenvalue weighted by Crippen LogP contribution is 2.65. The van der Waals surface area contributed by atoms with E-state index < -0.39 is 0 Å². The van der Waals surface area contributed by atoms with Crippen molar-refractivity contribution >= 4 is 10.8 Å². The highest BCUT2D eigenvalue weighted by molar-refractivity contribution is 5.96. The third kappa shape index (κ3) is 1.13. The molecule has 2 bridgehead atoms. The summed E-state index contributed by atoms with van der Waals surface area (Å²) in [5.41, 5.74) is 2.04. The Labute approximate surface area is 112 Å². The van der Waals surface area contributed by atoms with E-state index in [2.05, 4.69) is 13.8 Å². The van der Waals surface area contributed by atoms with Crippen molar-refractivity contribution in [3.8, 4) is 11.5 Å². The molecule has 0 heterocycles. The van der Waals surface area contributed by atoms with Crippen molar-refractivity contribution in [2.45, 2.75) is 38.0 Å². The first-order valence-corrected chi connectivity index (χ1v) is 7.01. The van der Waals surface area contributed by atoms with E-state index in [0.29, 0.717) is 23.3 Å². The van der Waals surface area contributed by atoms with Crippen LogP contribution in [0.15, 0.2) is 24.3 Å². The molecule has 2 aromatic rings. The van der Waals surface area contributed by atoms with E-state index in [9.17, 15) is 10.2 Å². The van der Waals surface area contributed by atoms with Gasteiger partial charge in [0.2, 0.25) is 0 Å². The zero-order valence-corrected chi connectivity index (χ0v) is 11.3. The molecule has 2 heteroatoms. The summed E-state index contributed by atoms with van der Waals surface area (Å²) in [4.78, 5) is 0. The van der Waals surface area contributed by atoms with Crippen LogP contribution in [-0.4, -0.2) is 10.2 Å². The van der Waals surface area contributed by atoms with Crippen LogP contribution in [-0.2, 0) is 5.41 Å². The van der Waals surface area contributed by atoms with Crippen LogP contribution < -0.4 is 0 Å². The van der Waals surface area contributed by atoms with Gasteiger partial charge < -0.3 is 10.2 Å². The van der Waals surface area contributed by atoms with Crippen molar-refractivity contribution in [3.05, 3.63) is 35.4 Å². The summed E-state index contributed by atoms with van der Waals surface area (Å²) in [5.74, 6) is 1.76. The average molecular weight is 254 g/mol. The van der Waals surface area contributed by atoms with Crippen LogP contribution in [0.3, 0.4) is 0 Å². The molecule has 0 aromatic heterocycles. The van der Waals surface area contributed by atoms with Gasteiger partial charge in [-0.3, -0.25) is 0 Å². The maximum atomic E-state index is 10.7. The predicted molar refractivity (Wildman–Crippen MR) is 75.8 cm³/mol. The molecule has 2 aliphatic rings. The zero-order chi connectivity index (χ0) is 13.4. The Morgan fingerprint density at radius 1 is 1.11 bits per heavy atom. The SMILES string of the molecule is CC1CC2CC1(C)c1c2c(O)c2ccccc2c1O. The van der Waals surface area contributed by atoms with E-state index in [1.807, 2.05) is 24.3 Å². The van der Waals surface area contributed by atoms with Gasteiger partial charge in [0.15, 0.2) is 0 Å². The Kier molecular flexibility index (Phi) is 1.90. The zero-order valence-electron chi connectivity index (χ0n) is 11.3. The molecule has 0 saturated heterocycles. The number of rotatable bonds is 0. The lowest BCUT2D eigenvalue weighted by Gasteiger charge is -2.32. The van der Waals surface area contributed by atoms with E-state index in [4.69, 9.17) is 0 Å². The van der Waals surface area contributed by atoms with Gasteiger partial charge in [0.1, 0.15) is 11.5 Å². The molecule has 0 amide bonds. The van der Waals surface area contributed by atoms with Gasteiger partial charge in [0.05, 0.1) is 0 Å². The van der Waals surface area contributed by atoms with E-state index in [1.165, 1.54) is 0 Å². The fraction of sp³-hybridized carbons (Fsp3) is 0.412. The molecule has 1 saturated carbocycles. The van der Waals surface area contributed by atoms with Crippen LogP contribution in [0.5, 0.6) is 11.5 Å². The van der Waals surface area contributed by atoms with Crippen LogP contribution in [0.1, 0.15) is 43.7 Å². The Morgan fingerprint density at radius 2 is 1.74 bits per heavy atom. The fourth-order valence-electron chi connectivity index (χ4n) is 4.45. The third-order valence-electron chi connectivity index (χ3n) is 5.57. The highest BCUT2D eigenvalue weighted by atomic mass is 16.3. The quantitative estimate of drug-likeness (QED) is 0.697. The molecular weight excluding hydrogens is 236 g/mol. The van der Waals surface area contributed by atoms with E-state index in [-0.39, 0.29) is 5.41 Å². The number of phenolic OH excluding ortho intramolecular Hbond substituents is 2. The maximum Gasteiger partial charge on any atom is 0.127 e. The van der Waals surface area contributed by atoms with Gasteiger partial charge in [-0.25, -0.2) is 0 Å². The van der Waals surface area contributed by atoms with Gasteiger partial charge in [-0.2, -0.15) is 0 Å². The molecule has 0 spiro atoms. The molecular formula is C17H18O2. The van der Waals surface area contributed by atoms with E-state index in [1.54, 1.807) is 0 Å². The lowest BCUT2D eigenvalue weighted by molar-refractivity contribution is 0.350. The van der Waals surface area contributed by atoms with Crippen LogP contribution in [0.25, 0.3) is 10.8 Å². The van der Waals surface area contributed by atoms with Crippen molar-refractivity contribution in [3.63, 3.8) is 0 Å². The number of aromatic hydroxyl groups is 2. The number of phenols is 2. The lowest BCUT2D eigenvalue weighted by atomic mass is 9.72. The van der Waals surface area contributed by atoms with E-state index >= 15 is 0 Å². The normalized spacial score (nSPS) is 31.9. The third-order valence-corrected chi connectivity index (χ3v) is 5.57. The molecule has 1 fully saturated rings. The van der Waals surface area contributed by atoms with Crippen molar-refractivity contribution in [2.75, 3.05) is 0 Å². The minimum atomic E-state index is 0.0194. The molecule has 2 aromatic carbocycles. The first kappa shape index (κ1) is 11.2. The number of benzene rings is 2. The minimum absolute atomic E-state index is 0.0194. The molecule has 0 aliphatic heterocycles. The molecule has 3 atom stereocenters. The molecule has 19 heavy (non-hydrogen) atoms. The Balaban J connectivity index is 2.18. The van der Waals surface area contributed by atoms with Crippen molar-refractivity contribution in [1.29, 1.82) is 0 Å². The second kappa shape index (κ2) is 3.24. The maximum absolute atomic E-state index is 10.7. The topological polar surface area (TPSA) is 40.5 Å². The molecule has 2 N–H and O–H groups in total. The monoisotopic (exact) mass is 254 g/mol. The summed E-state index contributed by atoms with van der Waals surface area (Å²) in [6, 6.07) is 7.60. The molecule has 98 valence electrons. The Morgan fingerprint density at radius 3 is 2.42 bits per heavy atom. The van der Waals surface area contributed by atoms with E-state index in [0.717, 1.165) is 34.7 Å². The van der Waals surface area contributed by atoms with Crippen LogP contribution in [0.4, 0.5) is 0 Å². The Bertz CT molecular complexity index is 704. The molecule has 0 radical (unpaired) electrons. The second-order valence-corrected chi connectivity index (χ2v) is 6.49. The predicted octanol–water partition coefficient (Wildman–Crippen LogP) is 4.04. The minimum Gasteiger partial charge on any atom is -0.507 e. The number of hydrogen-bond donors (Lipinski definition) is 2. The molecule has 4 rings (SSSR count). The number of hydrogen-bond acceptors (Lipinski definition) is 2. The highest BCUT2D eigenvalue weighted by Gasteiger charge is 2.53. The van der Waals surface area contributed by atoms with Gasteiger partial charge in [-0.1, -0.05) is 38.1 Å². The van der Waals surface area contributed by atoms with Gasteiger partial charge in [-0.05, 0) is 30.1 Å². The Hall–Kier alpha value is -1.70. The summed E-state index contributed by atoms with van der Waals surface area (Å²) in [6.45, 7) is 4.49. The van der Waals surface area contributed by atoms with Crippen molar-refractivity contribution in [1.82, 2.24) is 0 Å². The molecule has 3 unspecified atom stereocenters. The lowest BCUT2D eigenvalue weighted by Crippen LogP contribution is -2.25.